The quantitative estimate of drug-likeness (QED) is 0.354. The van der Waals surface area contributed by atoms with Crippen molar-refractivity contribution >= 4 is 22.6 Å². The molecule has 1 aliphatic rings. The van der Waals surface area contributed by atoms with Crippen LogP contribution in [0.4, 0.5) is 0 Å². The van der Waals surface area contributed by atoms with Gasteiger partial charge < -0.3 is 29.6 Å². The molecule has 11 nitrogen and oxygen atoms in total. The third kappa shape index (κ3) is 5.33. The number of carbonyl (C=O) groups is 2. The zero-order chi connectivity index (χ0) is 27.4. The maximum Gasteiger partial charge on any atom is 0.279 e. The Bertz CT molecular complexity index is 1600. The van der Waals surface area contributed by atoms with Crippen LogP contribution in [0.25, 0.3) is 16.5 Å². The first-order valence-corrected chi connectivity index (χ1v) is 12.2. The van der Waals surface area contributed by atoms with Crippen LogP contribution in [0.2, 0.25) is 0 Å². The molecule has 0 spiro atoms. The Morgan fingerprint density at radius 3 is 2.49 bits per heavy atom. The van der Waals surface area contributed by atoms with Crippen LogP contribution in [0.3, 0.4) is 0 Å². The molecule has 0 saturated heterocycles. The van der Waals surface area contributed by atoms with Crippen molar-refractivity contribution in [3.8, 4) is 28.7 Å². The van der Waals surface area contributed by atoms with Crippen LogP contribution in [-0.2, 0) is 4.79 Å². The monoisotopic (exact) mass is 530 g/mol. The fraction of sp³-hybridized carbons (Fsp3) is 0.214. The zero-order valence-electron chi connectivity index (χ0n) is 21.3. The van der Waals surface area contributed by atoms with E-state index in [1.54, 1.807) is 48.5 Å². The first kappa shape index (κ1) is 25.6. The number of rotatable bonds is 8. The van der Waals surface area contributed by atoms with E-state index in [2.05, 4.69) is 15.7 Å². The first-order valence-electron chi connectivity index (χ1n) is 12.2. The molecule has 0 saturated carbocycles. The Morgan fingerprint density at radius 2 is 1.72 bits per heavy atom. The third-order valence-corrected chi connectivity index (χ3v) is 6.14. The van der Waals surface area contributed by atoms with Gasteiger partial charge in [0.05, 0.1) is 32.7 Å². The SMILES string of the molecule is COc1ccc(-n2nc(C(=O)NCC(=O)NC[C@H]3COc4ccccc4O3)c3ccccc3c2=O)c(OC)c1. The van der Waals surface area contributed by atoms with Crippen LogP contribution in [0.5, 0.6) is 23.0 Å². The molecule has 4 aromatic rings. The van der Waals surface area contributed by atoms with Crippen LogP contribution in [0.15, 0.2) is 71.5 Å². The van der Waals surface area contributed by atoms with Gasteiger partial charge in [0.1, 0.15) is 29.9 Å². The molecule has 2 heterocycles. The summed E-state index contributed by atoms with van der Waals surface area (Å²) >= 11 is 0. The van der Waals surface area contributed by atoms with Crippen LogP contribution in [-0.4, -0.2) is 61.6 Å². The number of aromatic nitrogens is 2. The molecule has 5 rings (SSSR count). The highest BCUT2D eigenvalue weighted by molar-refractivity contribution is 6.05. The van der Waals surface area contributed by atoms with Crippen molar-refractivity contribution in [1.82, 2.24) is 20.4 Å². The predicted molar refractivity (Wildman–Crippen MR) is 142 cm³/mol. The molecule has 0 radical (unpaired) electrons. The van der Waals surface area contributed by atoms with Crippen molar-refractivity contribution in [2.45, 2.75) is 6.10 Å². The van der Waals surface area contributed by atoms with Gasteiger partial charge in [0, 0.05) is 11.5 Å². The Balaban J connectivity index is 1.32. The van der Waals surface area contributed by atoms with Gasteiger partial charge in [0.25, 0.3) is 11.5 Å². The second kappa shape index (κ2) is 11.1. The summed E-state index contributed by atoms with van der Waals surface area (Å²) in [6, 6.07) is 18.8. The average Bonchev–Trinajstić information content (AvgIpc) is 2.98. The first-order chi connectivity index (χ1) is 19.0. The van der Waals surface area contributed by atoms with E-state index in [9.17, 15) is 14.4 Å². The standard InChI is InChI=1S/C28H26N4O7/c1-36-17-11-12-21(24(13-17)37-2)32-28(35)20-8-4-3-7-19(20)26(31-32)27(34)30-15-25(33)29-14-18-16-38-22-9-5-6-10-23(22)39-18/h3-13,18H,14-16H2,1-2H3,(H,29,33)(H,30,34)/t18-/m0/s1. The molecule has 1 aromatic heterocycles. The number of para-hydroxylation sites is 2. The topological polar surface area (TPSA) is 130 Å². The van der Waals surface area contributed by atoms with Crippen LogP contribution >= 0.6 is 0 Å². The van der Waals surface area contributed by atoms with E-state index in [0.29, 0.717) is 34.1 Å². The fourth-order valence-electron chi connectivity index (χ4n) is 4.18. The van der Waals surface area contributed by atoms with Crippen molar-refractivity contribution < 1.29 is 28.5 Å². The number of hydrogen-bond donors (Lipinski definition) is 2. The number of benzene rings is 3. The lowest BCUT2D eigenvalue weighted by Crippen LogP contribution is -2.44. The molecule has 200 valence electrons. The highest BCUT2D eigenvalue weighted by Gasteiger charge is 2.22. The molecule has 39 heavy (non-hydrogen) atoms. The number of ether oxygens (including phenoxy) is 4. The van der Waals surface area contributed by atoms with E-state index in [1.807, 2.05) is 18.2 Å². The molecule has 2 amide bonds. The molecule has 2 N–H and O–H groups in total. The predicted octanol–water partition coefficient (Wildman–Crippen LogP) is 2.09. The summed E-state index contributed by atoms with van der Waals surface area (Å²) in [5, 5.41) is 10.3. The number of nitrogens with zero attached hydrogens (tertiary/aromatic N) is 2. The van der Waals surface area contributed by atoms with Gasteiger partial charge in [-0.3, -0.25) is 14.4 Å². The summed E-state index contributed by atoms with van der Waals surface area (Å²) in [5.74, 6) is 1.09. The number of carbonyl (C=O) groups excluding carboxylic acids is 2. The number of hydrogen-bond acceptors (Lipinski definition) is 8. The molecule has 1 atom stereocenters. The molecule has 0 fully saturated rings. The summed E-state index contributed by atoms with van der Waals surface area (Å²) in [6.07, 6.45) is -0.367. The van der Waals surface area contributed by atoms with E-state index in [4.69, 9.17) is 18.9 Å². The largest absolute Gasteiger partial charge is 0.497 e. The minimum atomic E-state index is -0.617. The van der Waals surface area contributed by atoms with Crippen molar-refractivity contribution in [3.63, 3.8) is 0 Å². The number of nitrogens with one attached hydrogen (secondary N) is 2. The Hall–Kier alpha value is -5.06. The zero-order valence-corrected chi connectivity index (χ0v) is 21.3. The van der Waals surface area contributed by atoms with Crippen molar-refractivity contribution in [2.75, 3.05) is 33.9 Å². The van der Waals surface area contributed by atoms with Gasteiger partial charge in [-0.15, -0.1) is 0 Å². The van der Waals surface area contributed by atoms with Crippen LogP contribution < -0.4 is 35.1 Å². The Kier molecular flexibility index (Phi) is 7.30. The van der Waals surface area contributed by atoms with E-state index >= 15 is 0 Å². The van der Waals surface area contributed by atoms with Crippen molar-refractivity contribution in [2.24, 2.45) is 0 Å². The number of amides is 2. The Morgan fingerprint density at radius 1 is 0.974 bits per heavy atom. The van der Waals surface area contributed by atoms with Gasteiger partial charge >= 0.3 is 0 Å². The van der Waals surface area contributed by atoms with Gasteiger partial charge in [-0.25, -0.2) is 0 Å². The smallest absolute Gasteiger partial charge is 0.279 e. The van der Waals surface area contributed by atoms with Crippen molar-refractivity contribution in [3.05, 3.63) is 82.8 Å². The minimum Gasteiger partial charge on any atom is -0.497 e. The number of fused-ring (bicyclic) bond motifs is 2. The summed E-state index contributed by atoms with van der Waals surface area (Å²) in [5.41, 5.74) is -0.117. The van der Waals surface area contributed by atoms with Crippen molar-refractivity contribution in [1.29, 1.82) is 0 Å². The molecule has 0 aliphatic carbocycles. The van der Waals surface area contributed by atoms with E-state index in [-0.39, 0.29) is 36.9 Å². The molecule has 0 unspecified atom stereocenters. The molecule has 0 bridgehead atoms. The molecule has 1 aliphatic heterocycles. The highest BCUT2D eigenvalue weighted by Crippen LogP contribution is 2.30. The van der Waals surface area contributed by atoms with Crippen LogP contribution in [0.1, 0.15) is 10.5 Å². The lowest BCUT2D eigenvalue weighted by Gasteiger charge is -2.26. The van der Waals surface area contributed by atoms with Gasteiger partial charge in [-0.05, 0) is 30.3 Å². The summed E-state index contributed by atoms with van der Waals surface area (Å²) in [6.45, 7) is 0.187. The summed E-state index contributed by atoms with van der Waals surface area (Å²) < 4.78 is 23.3. The molecular formula is C28H26N4O7. The van der Waals surface area contributed by atoms with Gasteiger partial charge in [0.2, 0.25) is 5.91 Å². The summed E-state index contributed by atoms with van der Waals surface area (Å²) in [4.78, 5) is 39.0. The maximum atomic E-state index is 13.3. The molecule has 3 aromatic carbocycles. The summed E-state index contributed by atoms with van der Waals surface area (Å²) in [7, 11) is 2.97. The average molecular weight is 531 g/mol. The highest BCUT2D eigenvalue weighted by atomic mass is 16.6. The third-order valence-electron chi connectivity index (χ3n) is 6.14. The van der Waals surface area contributed by atoms with E-state index < -0.39 is 17.4 Å². The fourth-order valence-corrected chi connectivity index (χ4v) is 4.18. The van der Waals surface area contributed by atoms with Gasteiger partial charge in [0.15, 0.2) is 17.2 Å². The maximum absolute atomic E-state index is 13.3. The Labute approximate surface area is 223 Å². The normalized spacial score (nSPS) is 13.9. The lowest BCUT2D eigenvalue weighted by atomic mass is 10.1. The number of methoxy groups -OCH3 is 2. The van der Waals surface area contributed by atoms with E-state index in [1.165, 1.54) is 14.2 Å². The van der Waals surface area contributed by atoms with E-state index in [0.717, 1.165) is 4.68 Å². The van der Waals surface area contributed by atoms with Gasteiger partial charge in [-0.1, -0.05) is 30.3 Å². The molecule has 11 heteroatoms. The van der Waals surface area contributed by atoms with Crippen LogP contribution in [0, 0.1) is 0 Å². The molecular weight excluding hydrogens is 504 g/mol. The lowest BCUT2D eigenvalue weighted by molar-refractivity contribution is -0.120. The second-order valence-electron chi connectivity index (χ2n) is 8.63. The minimum absolute atomic E-state index is 0.0171. The second-order valence-corrected chi connectivity index (χ2v) is 8.63. The van der Waals surface area contributed by atoms with Gasteiger partial charge in [-0.2, -0.15) is 9.78 Å².